The van der Waals surface area contributed by atoms with Gasteiger partial charge >= 0.3 is 0 Å². The van der Waals surface area contributed by atoms with E-state index in [4.69, 9.17) is 19.4 Å². The third kappa shape index (κ3) is 3.86. The Bertz CT molecular complexity index is 3030. The summed E-state index contributed by atoms with van der Waals surface area (Å²) in [7, 11) is 0. The Kier molecular flexibility index (Phi) is 5.60. The van der Waals surface area contributed by atoms with Gasteiger partial charge in [-0.05, 0) is 23.8 Å². The van der Waals surface area contributed by atoms with Crippen molar-refractivity contribution in [3.63, 3.8) is 0 Å². The smallest absolute Gasteiger partial charge is 0.167 e. The molecule has 0 N–H and O–H groups in total. The van der Waals surface area contributed by atoms with Gasteiger partial charge in [-0.3, -0.25) is 0 Å². The third-order valence-electron chi connectivity index (χ3n) is 10.00. The van der Waals surface area contributed by atoms with E-state index in [-0.39, 0.29) is 0 Å². The fraction of sp³-hybridized carbons (Fsp3) is 0. The molecule has 4 heterocycles. The van der Waals surface area contributed by atoms with Gasteiger partial charge in [0, 0.05) is 49.0 Å². The molecule has 11 aromatic rings. The Morgan fingerprint density at radius 2 is 0.880 bits per heavy atom. The highest BCUT2D eigenvalue weighted by molar-refractivity contribution is 6.23. The Morgan fingerprint density at radius 1 is 0.360 bits per heavy atom. The van der Waals surface area contributed by atoms with E-state index in [1.807, 2.05) is 66.7 Å². The molecule has 0 saturated heterocycles. The van der Waals surface area contributed by atoms with Crippen LogP contribution in [0.15, 0.2) is 162 Å². The van der Waals surface area contributed by atoms with E-state index in [0.29, 0.717) is 17.5 Å². The predicted molar refractivity (Wildman–Crippen MR) is 204 cm³/mol. The average molecular weight is 639 g/mol. The lowest BCUT2D eigenvalue weighted by atomic mass is 10.00. The summed E-state index contributed by atoms with van der Waals surface area (Å²) >= 11 is 0. The molecule has 0 fully saturated rings. The van der Waals surface area contributed by atoms with Crippen LogP contribution in [-0.2, 0) is 0 Å². The second kappa shape index (κ2) is 10.3. The summed E-state index contributed by atoms with van der Waals surface area (Å²) in [5.74, 6) is 1.81. The molecule has 11 rings (SSSR count). The summed E-state index contributed by atoms with van der Waals surface area (Å²) in [6.45, 7) is 0. The average Bonchev–Trinajstić information content (AvgIpc) is 3.85. The fourth-order valence-corrected chi connectivity index (χ4v) is 7.75. The number of rotatable bonds is 4. The summed E-state index contributed by atoms with van der Waals surface area (Å²) in [5.41, 5.74) is 10.1. The number of para-hydroxylation sites is 4. The Balaban J connectivity index is 1.14. The van der Waals surface area contributed by atoms with Crippen LogP contribution in [0.25, 0.3) is 105 Å². The number of aromatic nitrogens is 4. The molecule has 0 aliphatic carbocycles. The van der Waals surface area contributed by atoms with Crippen LogP contribution in [-0.4, -0.2) is 19.4 Å². The Labute approximate surface area is 286 Å². The van der Waals surface area contributed by atoms with E-state index in [0.717, 1.165) is 49.8 Å². The molecule has 0 spiro atoms. The van der Waals surface area contributed by atoms with Crippen LogP contribution < -0.4 is 0 Å². The highest BCUT2D eigenvalue weighted by Gasteiger charge is 2.21. The maximum Gasteiger partial charge on any atom is 0.167 e. The highest BCUT2D eigenvalue weighted by atomic mass is 16.3. The molecule has 0 aliphatic rings. The summed E-state index contributed by atoms with van der Waals surface area (Å²) in [6, 6.07) is 54.8. The summed E-state index contributed by atoms with van der Waals surface area (Å²) in [4.78, 5) is 14.9. The van der Waals surface area contributed by atoms with E-state index in [1.54, 1.807) is 0 Å². The van der Waals surface area contributed by atoms with Crippen LogP contribution in [0.4, 0.5) is 0 Å². The van der Waals surface area contributed by atoms with Gasteiger partial charge < -0.3 is 8.82 Å². The molecule has 0 atom stereocenters. The van der Waals surface area contributed by atoms with Gasteiger partial charge in [0.05, 0.1) is 22.1 Å². The predicted octanol–water partition coefficient (Wildman–Crippen LogP) is 11.6. The molecule has 4 aromatic heterocycles. The molecule has 5 nitrogen and oxygen atoms in total. The number of benzene rings is 7. The SMILES string of the molecule is c1ccc(-c2nc(-c3ccccc3)nc(-c3cccc4c3oc3c(-c5ccc6c7cccc8c9ccccc9n(c6c5)c87)cccc34)n2)cc1. The lowest BCUT2D eigenvalue weighted by Crippen LogP contribution is -2.00. The minimum Gasteiger partial charge on any atom is -0.455 e. The van der Waals surface area contributed by atoms with Crippen LogP contribution in [0, 0.1) is 0 Å². The first-order valence-electron chi connectivity index (χ1n) is 16.8. The largest absolute Gasteiger partial charge is 0.455 e. The second-order valence-electron chi connectivity index (χ2n) is 12.8. The van der Waals surface area contributed by atoms with Crippen LogP contribution in [0.1, 0.15) is 0 Å². The van der Waals surface area contributed by atoms with E-state index in [2.05, 4.69) is 95.4 Å². The number of nitrogens with zero attached hydrogens (tertiary/aromatic N) is 4. The molecule has 0 aliphatic heterocycles. The number of hydrogen-bond donors (Lipinski definition) is 0. The van der Waals surface area contributed by atoms with Gasteiger partial charge in [-0.2, -0.15) is 0 Å². The molecule has 50 heavy (non-hydrogen) atoms. The van der Waals surface area contributed by atoms with Crippen molar-refractivity contribution < 1.29 is 4.42 Å². The molecule has 0 bridgehead atoms. The lowest BCUT2D eigenvalue weighted by Gasteiger charge is -2.08. The van der Waals surface area contributed by atoms with Crippen molar-refractivity contribution in [1.82, 2.24) is 19.4 Å². The van der Waals surface area contributed by atoms with Crippen molar-refractivity contribution in [2.24, 2.45) is 0 Å². The van der Waals surface area contributed by atoms with Gasteiger partial charge in [0.25, 0.3) is 0 Å². The van der Waals surface area contributed by atoms with E-state index in [1.165, 1.54) is 38.1 Å². The summed E-state index contributed by atoms with van der Waals surface area (Å²) in [6.07, 6.45) is 0. The minimum absolute atomic E-state index is 0.572. The first-order chi connectivity index (χ1) is 24.8. The normalized spacial score (nSPS) is 12.0. The van der Waals surface area contributed by atoms with Crippen molar-refractivity contribution in [3.05, 3.63) is 158 Å². The monoisotopic (exact) mass is 638 g/mol. The topological polar surface area (TPSA) is 56.2 Å². The zero-order valence-corrected chi connectivity index (χ0v) is 26.7. The van der Waals surface area contributed by atoms with E-state index >= 15 is 0 Å². The molecule has 0 amide bonds. The van der Waals surface area contributed by atoms with E-state index < -0.39 is 0 Å². The van der Waals surface area contributed by atoms with Gasteiger partial charge in [-0.25, -0.2) is 15.0 Å². The molecular weight excluding hydrogens is 613 g/mol. The lowest BCUT2D eigenvalue weighted by molar-refractivity contribution is 0.670. The summed E-state index contributed by atoms with van der Waals surface area (Å²) < 4.78 is 9.32. The number of fused-ring (bicyclic) bond motifs is 9. The Hall–Kier alpha value is -6.85. The first-order valence-corrected chi connectivity index (χ1v) is 16.8. The van der Waals surface area contributed by atoms with Crippen molar-refractivity contribution in [2.75, 3.05) is 0 Å². The summed E-state index contributed by atoms with van der Waals surface area (Å²) in [5, 5.41) is 7.15. The van der Waals surface area contributed by atoms with Gasteiger partial charge in [0.2, 0.25) is 0 Å². The number of furan rings is 1. The van der Waals surface area contributed by atoms with Crippen molar-refractivity contribution in [3.8, 4) is 45.3 Å². The van der Waals surface area contributed by atoms with Crippen molar-refractivity contribution in [1.29, 1.82) is 0 Å². The second-order valence-corrected chi connectivity index (χ2v) is 12.8. The van der Waals surface area contributed by atoms with Gasteiger partial charge in [-0.1, -0.05) is 140 Å². The minimum atomic E-state index is 0.572. The first kappa shape index (κ1) is 27.1. The molecule has 7 aromatic carbocycles. The maximum atomic E-state index is 6.90. The fourth-order valence-electron chi connectivity index (χ4n) is 7.75. The highest BCUT2D eigenvalue weighted by Crippen LogP contribution is 2.43. The maximum absolute atomic E-state index is 6.90. The molecule has 5 heteroatoms. The standard InChI is InChI=1S/C45H26N4O/c1-3-12-27(13-4-1)43-46-44(28-14-5-2-6-15-28)48-45(47-43)37-22-11-21-36-35-20-9-17-30(41(35)50-42(36)37)29-24-25-32-34-19-10-18-33-31-16-7-8-23-38(31)49(40(33)34)39(32)26-29/h1-26H. The van der Waals surface area contributed by atoms with Crippen LogP contribution in [0.3, 0.4) is 0 Å². The van der Waals surface area contributed by atoms with Crippen molar-refractivity contribution >= 4 is 60.0 Å². The Morgan fingerprint density at radius 3 is 1.58 bits per heavy atom. The van der Waals surface area contributed by atoms with E-state index in [9.17, 15) is 0 Å². The zero-order chi connectivity index (χ0) is 32.8. The van der Waals surface area contributed by atoms with Crippen LogP contribution >= 0.6 is 0 Å². The van der Waals surface area contributed by atoms with Gasteiger partial charge in [0.1, 0.15) is 11.2 Å². The molecular formula is C45H26N4O. The van der Waals surface area contributed by atoms with Crippen LogP contribution in [0.2, 0.25) is 0 Å². The molecule has 0 saturated carbocycles. The third-order valence-corrected chi connectivity index (χ3v) is 10.00. The molecule has 232 valence electrons. The zero-order valence-electron chi connectivity index (χ0n) is 26.7. The van der Waals surface area contributed by atoms with Gasteiger partial charge in [-0.15, -0.1) is 0 Å². The quantitative estimate of drug-likeness (QED) is 0.192. The van der Waals surface area contributed by atoms with Gasteiger partial charge in [0.15, 0.2) is 17.5 Å². The molecule has 0 unspecified atom stereocenters. The number of hydrogen-bond acceptors (Lipinski definition) is 4. The van der Waals surface area contributed by atoms with Crippen LogP contribution in [0.5, 0.6) is 0 Å². The van der Waals surface area contributed by atoms with Crippen molar-refractivity contribution in [2.45, 2.75) is 0 Å². The molecule has 0 radical (unpaired) electrons.